The molecule has 1 amide bonds. The largest absolute Gasteiger partial charge is 0.497 e. The summed E-state index contributed by atoms with van der Waals surface area (Å²) in [7, 11) is 3.21. The third kappa shape index (κ3) is 5.23. The van der Waals surface area contributed by atoms with E-state index in [1.807, 2.05) is 31.2 Å². The highest BCUT2D eigenvalue weighted by Crippen LogP contribution is 2.30. The minimum Gasteiger partial charge on any atom is -0.497 e. The Hall–Kier alpha value is -2.60. The van der Waals surface area contributed by atoms with Crippen LogP contribution in [-0.4, -0.2) is 37.6 Å². The van der Waals surface area contributed by atoms with E-state index in [1.54, 1.807) is 20.3 Å². The molecule has 150 valence electrons. The van der Waals surface area contributed by atoms with Gasteiger partial charge in [-0.1, -0.05) is 12.1 Å². The molecule has 1 fully saturated rings. The van der Waals surface area contributed by atoms with Crippen molar-refractivity contribution in [3.8, 4) is 11.5 Å². The van der Waals surface area contributed by atoms with Crippen molar-refractivity contribution in [2.45, 2.75) is 38.4 Å². The summed E-state index contributed by atoms with van der Waals surface area (Å²) in [6.07, 6.45) is 2.14. The molecular formula is C22H27FN2O3. The smallest absolute Gasteiger partial charge is 0.234 e. The molecule has 1 aliphatic carbocycles. The lowest BCUT2D eigenvalue weighted by molar-refractivity contribution is -0.123. The topological polar surface area (TPSA) is 50.8 Å². The van der Waals surface area contributed by atoms with Crippen LogP contribution in [0.25, 0.3) is 0 Å². The number of halogens is 1. The molecule has 3 rings (SSSR count). The van der Waals surface area contributed by atoms with E-state index >= 15 is 0 Å². The van der Waals surface area contributed by atoms with Gasteiger partial charge in [-0.05, 0) is 55.7 Å². The molecule has 1 aliphatic rings. The first-order valence-electron chi connectivity index (χ1n) is 9.50. The fourth-order valence-corrected chi connectivity index (χ4v) is 3.35. The van der Waals surface area contributed by atoms with Crippen LogP contribution in [0.15, 0.2) is 42.5 Å². The first kappa shape index (κ1) is 20.1. The van der Waals surface area contributed by atoms with E-state index in [-0.39, 0.29) is 24.3 Å². The summed E-state index contributed by atoms with van der Waals surface area (Å²) in [6.45, 7) is 2.76. The maximum Gasteiger partial charge on any atom is 0.234 e. The molecule has 0 saturated heterocycles. The second kappa shape index (κ2) is 9.06. The molecule has 0 bridgehead atoms. The summed E-state index contributed by atoms with van der Waals surface area (Å²) in [6, 6.07) is 12.2. The Balaban J connectivity index is 1.64. The van der Waals surface area contributed by atoms with Crippen molar-refractivity contribution in [1.29, 1.82) is 0 Å². The SMILES string of the molecule is COc1ccc(OC)c(C(C)NC(=O)CN(Cc2cccc(F)c2)C2CC2)c1. The van der Waals surface area contributed by atoms with E-state index in [4.69, 9.17) is 9.47 Å². The van der Waals surface area contributed by atoms with Crippen molar-refractivity contribution in [3.05, 3.63) is 59.4 Å². The van der Waals surface area contributed by atoms with Crippen molar-refractivity contribution in [2.24, 2.45) is 0 Å². The van der Waals surface area contributed by atoms with Crippen LogP contribution in [0.4, 0.5) is 4.39 Å². The van der Waals surface area contributed by atoms with E-state index in [2.05, 4.69) is 10.2 Å². The van der Waals surface area contributed by atoms with Gasteiger partial charge in [-0.2, -0.15) is 0 Å². The van der Waals surface area contributed by atoms with Crippen LogP contribution in [0.1, 0.15) is 36.9 Å². The van der Waals surface area contributed by atoms with Crippen molar-refractivity contribution >= 4 is 5.91 Å². The van der Waals surface area contributed by atoms with Gasteiger partial charge in [0, 0.05) is 18.2 Å². The molecule has 5 nitrogen and oxygen atoms in total. The molecule has 0 heterocycles. The quantitative estimate of drug-likeness (QED) is 0.714. The zero-order chi connectivity index (χ0) is 20.1. The van der Waals surface area contributed by atoms with Crippen LogP contribution in [0.2, 0.25) is 0 Å². The Morgan fingerprint density at radius 2 is 2.00 bits per heavy atom. The van der Waals surface area contributed by atoms with Gasteiger partial charge in [0.05, 0.1) is 26.8 Å². The van der Waals surface area contributed by atoms with Gasteiger partial charge in [0.1, 0.15) is 17.3 Å². The van der Waals surface area contributed by atoms with Crippen LogP contribution in [0.3, 0.4) is 0 Å². The highest BCUT2D eigenvalue weighted by molar-refractivity contribution is 5.78. The van der Waals surface area contributed by atoms with Gasteiger partial charge in [-0.3, -0.25) is 9.69 Å². The maximum atomic E-state index is 13.5. The molecule has 0 radical (unpaired) electrons. The summed E-state index contributed by atoms with van der Waals surface area (Å²) in [5.41, 5.74) is 1.74. The first-order chi connectivity index (χ1) is 13.5. The van der Waals surface area contributed by atoms with Crippen LogP contribution in [-0.2, 0) is 11.3 Å². The number of carbonyl (C=O) groups is 1. The highest BCUT2D eigenvalue weighted by atomic mass is 19.1. The van der Waals surface area contributed by atoms with E-state index in [0.29, 0.717) is 24.1 Å². The molecule has 1 saturated carbocycles. The average molecular weight is 386 g/mol. The molecule has 0 aromatic heterocycles. The van der Waals surface area contributed by atoms with Crippen molar-refractivity contribution in [3.63, 3.8) is 0 Å². The predicted octanol–water partition coefficient (Wildman–Crippen LogP) is 3.68. The minimum absolute atomic E-state index is 0.0688. The number of ether oxygens (including phenoxy) is 2. The third-order valence-corrected chi connectivity index (χ3v) is 4.97. The fraction of sp³-hybridized carbons (Fsp3) is 0.409. The van der Waals surface area contributed by atoms with Gasteiger partial charge >= 0.3 is 0 Å². The Labute approximate surface area is 165 Å². The molecular weight excluding hydrogens is 359 g/mol. The lowest BCUT2D eigenvalue weighted by atomic mass is 10.1. The summed E-state index contributed by atoms with van der Waals surface area (Å²) in [5, 5.41) is 3.04. The van der Waals surface area contributed by atoms with Gasteiger partial charge in [0.2, 0.25) is 5.91 Å². The van der Waals surface area contributed by atoms with E-state index < -0.39 is 0 Å². The first-order valence-corrected chi connectivity index (χ1v) is 9.50. The van der Waals surface area contributed by atoms with Crippen molar-refractivity contribution in [2.75, 3.05) is 20.8 Å². The van der Waals surface area contributed by atoms with Crippen LogP contribution in [0, 0.1) is 5.82 Å². The van der Waals surface area contributed by atoms with Gasteiger partial charge in [0.15, 0.2) is 0 Å². The second-order valence-corrected chi connectivity index (χ2v) is 7.16. The molecule has 1 N–H and O–H groups in total. The number of carbonyl (C=O) groups excluding carboxylic acids is 1. The molecule has 2 aromatic rings. The van der Waals surface area contributed by atoms with Gasteiger partial charge in [-0.15, -0.1) is 0 Å². The minimum atomic E-state index is -0.253. The van der Waals surface area contributed by atoms with E-state index in [0.717, 1.165) is 24.0 Å². The lowest BCUT2D eigenvalue weighted by Crippen LogP contribution is -2.39. The van der Waals surface area contributed by atoms with Crippen LogP contribution in [0.5, 0.6) is 11.5 Å². The summed E-state index contributed by atoms with van der Waals surface area (Å²) < 4.78 is 24.2. The Morgan fingerprint density at radius 1 is 1.21 bits per heavy atom. The van der Waals surface area contributed by atoms with Gasteiger partial charge in [0.25, 0.3) is 0 Å². The standard InChI is InChI=1S/C22H27FN2O3/c1-15(20-12-19(27-2)9-10-21(20)28-3)24-22(26)14-25(18-7-8-18)13-16-5-4-6-17(23)11-16/h4-6,9-12,15,18H,7-8,13-14H2,1-3H3,(H,24,26). The Kier molecular flexibility index (Phi) is 6.52. The summed E-state index contributed by atoms with van der Waals surface area (Å²) in [4.78, 5) is 14.8. The molecule has 28 heavy (non-hydrogen) atoms. The summed E-state index contributed by atoms with van der Waals surface area (Å²) in [5.74, 6) is 1.09. The third-order valence-electron chi connectivity index (χ3n) is 4.97. The lowest BCUT2D eigenvalue weighted by Gasteiger charge is -2.24. The number of nitrogens with one attached hydrogen (secondary N) is 1. The Bertz CT molecular complexity index is 823. The monoisotopic (exact) mass is 386 g/mol. The number of methoxy groups -OCH3 is 2. The average Bonchev–Trinajstić information content (AvgIpc) is 3.52. The number of amides is 1. The zero-order valence-electron chi connectivity index (χ0n) is 16.6. The number of nitrogens with zero attached hydrogens (tertiary/aromatic N) is 1. The fourth-order valence-electron chi connectivity index (χ4n) is 3.35. The molecule has 1 unspecified atom stereocenters. The molecule has 1 atom stereocenters. The van der Waals surface area contributed by atoms with Crippen LogP contribution >= 0.6 is 0 Å². The maximum absolute atomic E-state index is 13.5. The zero-order valence-corrected chi connectivity index (χ0v) is 16.6. The molecule has 2 aromatic carbocycles. The second-order valence-electron chi connectivity index (χ2n) is 7.16. The van der Waals surface area contributed by atoms with Crippen LogP contribution < -0.4 is 14.8 Å². The van der Waals surface area contributed by atoms with Crippen molar-refractivity contribution < 1.29 is 18.7 Å². The molecule has 6 heteroatoms. The number of rotatable bonds is 9. The highest BCUT2D eigenvalue weighted by Gasteiger charge is 2.30. The molecule has 0 spiro atoms. The van der Waals surface area contributed by atoms with E-state index in [1.165, 1.54) is 12.1 Å². The normalized spacial score (nSPS) is 14.6. The number of hydrogen-bond donors (Lipinski definition) is 1. The van der Waals surface area contributed by atoms with Gasteiger partial charge < -0.3 is 14.8 Å². The Morgan fingerprint density at radius 3 is 2.64 bits per heavy atom. The molecule has 0 aliphatic heterocycles. The summed E-state index contributed by atoms with van der Waals surface area (Å²) >= 11 is 0. The van der Waals surface area contributed by atoms with Crippen molar-refractivity contribution in [1.82, 2.24) is 10.2 Å². The predicted molar refractivity (Wildman–Crippen MR) is 106 cm³/mol. The van der Waals surface area contributed by atoms with E-state index in [9.17, 15) is 9.18 Å². The number of hydrogen-bond acceptors (Lipinski definition) is 4. The van der Waals surface area contributed by atoms with Gasteiger partial charge in [-0.25, -0.2) is 4.39 Å². The number of benzene rings is 2.